The van der Waals surface area contributed by atoms with E-state index in [0.29, 0.717) is 5.75 Å². The van der Waals surface area contributed by atoms with Crippen LogP contribution in [-0.2, 0) is 6.42 Å². The molecule has 3 aromatic carbocycles. The lowest BCUT2D eigenvalue weighted by molar-refractivity contribution is 0.350. The highest BCUT2D eigenvalue weighted by Gasteiger charge is 2.28. The average molecular weight is 412 g/mol. The number of imidazole rings is 1. The quantitative estimate of drug-likeness (QED) is 0.460. The highest BCUT2D eigenvalue weighted by molar-refractivity contribution is 5.85. The Morgan fingerprint density at radius 1 is 0.935 bits per heavy atom. The summed E-state index contributed by atoms with van der Waals surface area (Å²) in [7, 11) is 3.35. The van der Waals surface area contributed by atoms with Gasteiger partial charge in [0.05, 0.1) is 31.3 Å². The van der Waals surface area contributed by atoms with E-state index in [9.17, 15) is 0 Å². The Kier molecular flexibility index (Phi) is 4.86. The summed E-state index contributed by atoms with van der Waals surface area (Å²) in [6.07, 6.45) is 3.26. The van der Waals surface area contributed by atoms with Crippen LogP contribution in [0.25, 0.3) is 16.7 Å². The molecule has 31 heavy (non-hydrogen) atoms. The van der Waals surface area contributed by atoms with E-state index in [1.807, 2.05) is 30.3 Å². The maximum Gasteiger partial charge on any atom is 0.209 e. The summed E-state index contributed by atoms with van der Waals surface area (Å²) in [5.41, 5.74) is 6.51. The molecule has 0 aliphatic carbocycles. The fourth-order valence-corrected chi connectivity index (χ4v) is 4.27. The molecule has 0 saturated carbocycles. The number of hydrogen-bond donors (Lipinski definition) is 1. The van der Waals surface area contributed by atoms with Crippen molar-refractivity contribution >= 4 is 22.7 Å². The smallest absolute Gasteiger partial charge is 0.209 e. The van der Waals surface area contributed by atoms with Crippen LogP contribution in [0.1, 0.15) is 29.7 Å². The van der Waals surface area contributed by atoms with Gasteiger partial charge >= 0.3 is 0 Å². The number of ether oxygens (including phenoxy) is 2. The molecule has 1 atom stereocenters. The molecule has 5 heteroatoms. The highest BCUT2D eigenvalue weighted by atomic mass is 16.5. The van der Waals surface area contributed by atoms with Crippen molar-refractivity contribution in [3.63, 3.8) is 0 Å². The van der Waals surface area contributed by atoms with Gasteiger partial charge in [-0.3, -0.25) is 4.57 Å². The van der Waals surface area contributed by atoms with Gasteiger partial charge in [0, 0.05) is 11.3 Å². The van der Waals surface area contributed by atoms with E-state index in [-0.39, 0.29) is 6.04 Å². The number of benzene rings is 3. The minimum absolute atomic E-state index is 0.102. The van der Waals surface area contributed by atoms with Gasteiger partial charge < -0.3 is 14.8 Å². The summed E-state index contributed by atoms with van der Waals surface area (Å²) in [4.78, 5) is 4.88. The van der Waals surface area contributed by atoms with Gasteiger partial charge in [0.2, 0.25) is 5.95 Å². The summed E-state index contributed by atoms with van der Waals surface area (Å²) < 4.78 is 13.6. The van der Waals surface area contributed by atoms with Crippen molar-refractivity contribution in [1.82, 2.24) is 9.55 Å². The lowest BCUT2D eigenvalue weighted by atomic mass is 9.99. The zero-order chi connectivity index (χ0) is 21.4. The van der Waals surface area contributed by atoms with Crippen LogP contribution in [0.15, 0.2) is 72.8 Å². The van der Waals surface area contributed by atoms with Crippen molar-refractivity contribution < 1.29 is 9.47 Å². The molecule has 1 aliphatic rings. The molecule has 0 saturated heterocycles. The Morgan fingerprint density at radius 3 is 2.48 bits per heavy atom. The summed E-state index contributed by atoms with van der Waals surface area (Å²) in [5.74, 6) is 2.26. The van der Waals surface area contributed by atoms with E-state index < -0.39 is 0 Å². The molecule has 1 unspecified atom stereocenters. The number of para-hydroxylation sites is 3. The maximum atomic E-state index is 5.79. The molecule has 2 heterocycles. The fraction of sp³-hybridized carbons (Fsp3) is 0.192. The molecule has 1 aromatic heterocycles. The van der Waals surface area contributed by atoms with Gasteiger partial charge in [-0.25, -0.2) is 4.98 Å². The lowest BCUT2D eigenvalue weighted by Crippen LogP contribution is -2.19. The first kappa shape index (κ1) is 19.2. The standard InChI is InChI=1S/C26H25N3O2/c1-4-17-12-14-18(15-13-17)21-16-23(19-8-7-11-24(30-2)25(19)31-3)29-22-10-6-5-9-20(22)27-26(29)28-21/h5-16,23H,4H2,1-3H3,(H,27,28). The van der Waals surface area contributed by atoms with E-state index in [2.05, 4.69) is 59.3 Å². The molecule has 0 bridgehead atoms. The Labute approximate surface area is 182 Å². The summed E-state index contributed by atoms with van der Waals surface area (Å²) in [5, 5.41) is 3.55. The normalized spacial score (nSPS) is 15.2. The van der Waals surface area contributed by atoms with E-state index >= 15 is 0 Å². The summed E-state index contributed by atoms with van der Waals surface area (Å²) in [6.45, 7) is 2.17. The summed E-state index contributed by atoms with van der Waals surface area (Å²) in [6, 6.07) is 22.8. The molecule has 1 N–H and O–H groups in total. The van der Waals surface area contributed by atoms with Crippen LogP contribution in [0, 0.1) is 0 Å². The fourth-order valence-electron chi connectivity index (χ4n) is 4.27. The van der Waals surface area contributed by atoms with Crippen molar-refractivity contribution in [2.24, 2.45) is 0 Å². The molecule has 4 aromatic rings. The van der Waals surface area contributed by atoms with Gasteiger partial charge in [0.1, 0.15) is 0 Å². The van der Waals surface area contributed by atoms with Crippen molar-refractivity contribution in [3.8, 4) is 11.5 Å². The number of nitrogens with zero attached hydrogens (tertiary/aromatic N) is 2. The van der Waals surface area contributed by atoms with Gasteiger partial charge in [0.25, 0.3) is 0 Å². The SMILES string of the molecule is CCc1ccc(C2=CC(c3cccc(OC)c3OC)n3c(nc4ccccc43)N2)cc1. The first-order chi connectivity index (χ1) is 15.2. The van der Waals surface area contributed by atoms with E-state index in [0.717, 1.165) is 46.0 Å². The third-order valence-corrected chi connectivity index (χ3v) is 5.87. The van der Waals surface area contributed by atoms with Gasteiger partial charge in [0.15, 0.2) is 11.5 Å². The van der Waals surface area contributed by atoms with Crippen LogP contribution in [0.2, 0.25) is 0 Å². The molecule has 1 aliphatic heterocycles. The molecular weight excluding hydrogens is 386 g/mol. The number of rotatable bonds is 5. The second-order valence-corrected chi connectivity index (χ2v) is 7.58. The van der Waals surface area contributed by atoms with Crippen molar-refractivity contribution in [1.29, 1.82) is 0 Å². The van der Waals surface area contributed by atoms with Crippen LogP contribution in [-0.4, -0.2) is 23.8 Å². The monoisotopic (exact) mass is 411 g/mol. The van der Waals surface area contributed by atoms with Crippen LogP contribution >= 0.6 is 0 Å². The largest absolute Gasteiger partial charge is 0.493 e. The first-order valence-corrected chi connectivity index (χ1v) is 10.5. The second-order valence-electron chi connectivity index (χ2n) is 7.58. The third-order valence-electron chi connectivity index (χ3n) is 5.87. The van der Waals surface area contributed by atoms with Gasteiger partial charge in [-0.1, -0.05) is 55.5 Å². The average Bonchev–Trinajstić information content (AvgIpc) is 3.21. The van der Waals surface area contributed by atoms with Crippen molar-refractivity contribution in [2.75, 3.05) is 19.5 Å². The predicted octanol–water partition coefficient (Wildman–Crippen LogP) is 5.67. The molecule has 0 radical (unpaired) electrons. The topological polar surface area (TPSA) is 48.3 Å². The van der Waals surface area contributed by atoms with Gasteiger partial charge in [-0.05, 0) is 41.8 Å². The Bertz CT molecular complexity index is 1270. The Balaban J connectivity index is 1.73. The number of methoxy groups -OCH3 is 2. The van der Waals surface area contributed by atoms with Gasteiger partial charge in [-0.2, -0.15) is 0 Å². The van der Waals surface area contributed by atoms with Crippen LogP contribution in [0.4, 0.5) is 5.95 Å². The van der Waals surface area contributed by atoms with Crippen LogP contribution in [0.5, 0.6) is 11.5 Å². The Hall–Kier alpha value is -3.73. The molecule has 5 nitrogen and oxygen atoms in total. The molecular formula is C26H25N3O2. The molecule has 5 rings (SSSR count). The number of nitrogens with one attached hydrogen (secondary N) is 1. The van der Waals surface area contributed by atoms with Crippen LogP contribution < -0.4 is 14.8 Å². The third kappa shape index (κ3) is 3.22. The zero-order valence-electron chi connectivity index (χ0n) is 17.9. The second kappa shape index (κ2) is 7.84. The van der Waals surface area contributed by atoms with E-state index in [4.69, 9.17) is 14.5 Å². The number of aromatic nitrogens is 2. The Morgan fingerprint density at radius 2 is 1.74 bits per heavy atom. The lowest BCUT2D eigenvalue weighted by Gasteiger charge is -2.28. The van der Waals surface area contributed by atoms with Crippen molar-refractivity contribution in [2.45, 2.75) is 19.4 Å². The van der Waals surface area contributed by atoms with Crippen molar-refractivity contribution in [3.05, 3.63) is 89.5 Å². The maximum absolute atomic E-state index is 5.79. The van der Waals surface area contributed by atoms with Crippen LogP contribution in [0.3, 0.4) is 0 Å². The number of hydrogen-bond acceptors (Lipinski definition) is 4. The number of aryl methyl sites for hydroxylation is 1. The van der Waals surface area contributed by atoms with E-state index in [1.54, 1.807) is 14.2 Å². The number of fused-ring (bicyclic) bond motifs is 3. The number of allylic oxidation sites excluding steroid dienone is 1. The van der Waals surface area contributed by atoms with E-state index in [1.165, 1.54) is 5.56 Å². The number of anilines is 1. The summed E-state index contributed by atoms with van der Waals surface area (Å²) >= 11 is 0. The van der Waals surface area contributed by atoms with Gasteiger partial charge in [-0.15, -0.1) is 0 Å². The molecule has 0 spiro atoms. The molecule has 0 fully saturated rings. The molecule has 0 amide bonds. The minimum atomic E-state index is -0.102. The first-order valence-electron chi connectivity index (χ1n) is 10.5. The predicted molar refractivity (Wildman–Crippen MR) is 125 cm³/mol. The minimum Gasteiger partial charge on any atom is -0.493 e. The molecule has 156 valence electrons. The highest BCUT2D eigenvalue weighted by Crippen LogP contribution is 2.42. The zero-order valence-corrected chi connectivity index (χ0v) is 17.9.